The van der Waals surface area contributed by atoms with Crippen molar-refractivity contribution in [2.45, 2.75) is 53.1 Å². The van der Waals surface area contributed by atoms with E-state index in [1.165, 1.54) is 18.6 Å². The van der Waals surface area contributed by atoms with Crippen LogP contribution in [0.25, 0.3) is 0 Å². The SMILES string of the molecule is CS(=O)(=O)c1ccc(Sc2nnnn2C2CCCCC2)c([N+](=O)[O-])c1. The number of hydrogen-bond donors (Lipinski definition) is 0. The Hall–Kier alpha value is -2.01. The lowest BCUT2D eigenvalue weighted by Gasteiger charge is -2.21. The molecule has 3 rings (SSSR count). The highest BCUT2D eigenvalue weighted by atomic mass is 32.2. The number of hydrogen-bond acceptors (Lipinski definition) is 8. The van der Waals surface area contributed by atoms with Gasteiger partial charge in [-0.1, -0.05) is 19.3 Å². The van der Waals surface area contributed by atoms with Crippen molar-refractivity contribution in [2.75, 3.05) is 6.26 Å². The molecule has 1 aromatic carbocycles. The van der Waals surface area contributed by atoms with E-state index in [0.717, 1.165) is 49.8 Å². The number of nitrogens with zero attached hydrogens (tertiary/aromatic N) is 5. The standard InChI is InChI=1S/C14H17N5O4S2/c1-25(22,23)11-7-8-13(12(9-11)19(20)21)24-14-15-16-17-18(14)10-5-3-2-4-6-10/h7-10H,2-6H2,1H3. The first-order chi connectivity index (χ1) is 11.9. The molecule has 0 aliphatic heterocycles. The smallest absolute Gasteiger partial charge is 0.258 e. The van der Waals surface area contributed by atoms with Crippen molar-refractivity contribution < 1.29 is 13.3 Å². The van der Waals surface area contributed by atoms with Crippen LogP contribution in [0.2, 0.25) is 0 Å². The van der Waals surface area contributed by atoms with Crippen molar-refractivity contribution in [1.82, 2.24) is 20.2 Å². The maximum Gasteiger partial charge on any atom is 0.284 e. The molecule has 1 saturated carbocycles. The van der Waals surface area contributed by atoms with Gasteiger partial charge in [0.2, 0.25) is 5.16 Å². The molecule has 0 N–H and O–H groups in total. The molecule has 25 heavy (non-hydrogen) atoms. The Morgan fingerprint density at radius 1 is 1.28 bits per heavy atom. The van der Waals surface area contributed by atoms with Crippen LogP contribution in [0, 0.1) is 10.1 Å². The average molecular weight is 383 g/mol. The van der Waals surface area contributed by atoms with Gasteiger partial charge in [-0.3, -0.25) is 10.1 Å². The minimum atomic E-state index is -3.52. The molecule has 1 aliphatic carbocycles. The summed E-state index contributed by atoms with van der Waals surface area (Å²) in [6, 6.07) is 4.06. The number of aromatic nitrogens is 4. The highest BCUT2D eigenvalue weighted by molar-refractivity contribution is 7.99. The Balaban J connectivity index is 1.93. The zero-order chi connectivity index (χ0) is 18.0. The van der Waals surface area contributed by atoms with Gasteiger partial charge in [0.1, 0.15) is 0 Å². The van der Waals surface area contributed by atoms with Crippen molar-refractivity contribution in [1.29, 1.82) is 0 Å². The van der Waals surface area contributed by atoms with Crippen molar-refractivity contribution in [3.05, 3.63) is 28.3 Å². The number of benzene rings is 1. The second kappa shape index (κ2) is 7.08. The third kappa shape index (κ3) is 3.98. The number of nitro groups is 1. The number of rotatable bonds is 5. The Bertz CT molecular complexity index is 890. The normalized spacial score (nSPS) is 16.0. The van der Waals surface area contributed by atoms with Crippen molar-refractivity contribution in [3.8, 4) is 0 Å². The molecule has 0 atom stereocenters. The zero-order valence-electron chi connectivity index (χ0n) is 13.5. The second-order valence-corrected chi connectivity index (χ2v) is 8.98. The van der Waals surface area contributed by atoms with Gasteiger partial charge in [-0.2, -0.15) is 0 Å². The minimum absolute atomic E-state index is 0.0876. The van der Waals surface area contributed by atoms with Gasteiger partial charge in [0.05, 0.1) is 20.8 Å². The topological polar surface area (TPSA) is 121 Å². The zero-order valence-corrected chi connectivity index (χ0v) is 15.2. The number of tetrazole rings is 1. The van der Waals surface area contributed by atoms with Crippen LogP contribution in [-0.2, 0) is 9.84 Å². The van der Waals surface area contributed by atoms with Gasteiger partial charge in [-0.25, -0.2) is 13.1 Å². The van der Waals surface area contributed by atoms with Crippen LogP contribution in [0.15, 0.2) is 33.1 Å². The predicted molar refractivity (Wildman–Crippen MR) is 90.3 cm³/mol. The van der Waals surface area contributed by atoms with Gasteiger partial charge in [-0.05, 0) is 47.2 Å². The molecule has 0 spiro atoms. The van der Waals surface area contributed by atoms with E-state index in [-0.39, 0.29) is 16.6 Å². The Kier molecular flexibility index (Phi) is 5.04. The fraction of sp³-hybridized carbons (Fsp3) is 0.500. The third-order valence-corrected chi connectivity index (χ3v) is 6.27. The van der Waals surface area contributed by atoms with Gasteiger partial charge in [0, 0.05) is 12.3 Å². The molecule has 0 unspecified atom stereocenters. The van der Waals surface area contributed by atoms with Gasteiger partial charge in [-0.15, -0.1) is 5.10 Å². The van der Waals surface area contributed by atoms with E-state index >= 15 is 0 Å². The molecule has 0 saturated heterocycles. The van der Waals surface area contributed by atoms with Crippen LogP contribution in [0.4, 0.5) is 5.69 Å². The van der Waals surface area contributed by atoms with E-state index in [9.17, 15) is 18.5 Å². The fourth-order valence-corrected chi connectivity index (χ4v) is 4.43. The summed E-state index contributed by atoms with van der Waals surface area (Å²) in [6.07, 6.45) is 6.39. The first-order valence-electron chi connectivity index (χ1n) is 7.80. The summed E-state index contributed by atoms with van der Waals surface area (Å²) in [5, 5.41) is 23.5. The maximum absolute atomic E-state index is 11.6. The molecule has 2 aromatic rings. The quantitative estimate of drug-likeness (QED) is 0.570. The molecule has 0 radical (unpaired) electrons. The largest absolute Gasteiger partial charge is 0.284 e. The Morgan fingerprint density at radius 2 is 2.00 bits per heavy atom. The summed E-state index contributed by atoms with van der Waals surface area (Å²) >= 11 is 1.08. The fourth-order valence-electron chi connectivity index (χ4n) is 2.86. The summed E-state index contributed by atoms with van der Waals surface area (Å²) in [4.78, 5) is 11.0. The molecule has 1 heterocycles. The minimum Gasteiger partial charge on any atom is -0.258 e. The van der Waals surface area contributed by atoms with E-state index in [1.807, 2.05) is 0 Å². The molecule has 1 aliphatic rings. The Labute approximate surface area is 148 Å². The lowest BCUT2D eigenvalue weighted by molar-refractivity contribution is -0.388. The molecular formula is C14H17N5O4S2. The summed E-state index contributed by atoms with van der Waals surface area (Å²) in [6.45, 7) is 0. The van der Waals surface area contributed by atoms with Gasteiger partial charge in [0.25, 0.3) is 5.69 Å². The van der Waals surface area contributed by atoms with Crippen LogP contribution in [0.1, 0.15) is 38.1 Å². The molecule has 1 fully saturated rings. The average Bonchev–Trinajstić information content (AvgIpc) is 3.03. The van der Waals surface area contributed by atoms with Crippen LogP contribution in [0.3, 0.4) is 0 Å². The third-order valence-electron chi connectivity index (χ3n) is 4.14. The monoisotopic (exact) mass is 383 g/mol. The molecule has 0 amide bonds. The summed E-state index contributed by atoms with van der Waals surface area (Å²) in [5.41, 5.74) is -0.272. The maximum atomic E-state index is 11.6. The lowest BCUT2D eigenvalue weighted by Crippen LogP contribution is -2.15. The molecule has 9 nitrogen and oxygen atoms in total. The van der Waals surface area contributed by atoms with Crippen LogP contribution >= 0.6 is 11.8 Å². The molecule has 11 heteroatoms. The van der Waals surface area contributed by atoms with Gasteiger partial charge < -0.3 is 0 Å². The predicted octanol–water partition coefficient (Wildman–Crippen LogP) is 2.64. The molecule has 134 valence electrons. The van der Waals surface area contributed by atoms with E-state index in [4.69, 9.17) is 0 Å². The summed E-state index contributed by atoms with van der Waals surface area (Å²) < 4.78 is 25.0. The second-order valence-electron chi connectivity index (χ2n) is 5.96. The first kappa shape index (κ1) is 17.8. The van der Waals surface area contributed by atoms with E-state index in [2.05, 4.69) is 15.5 Å². The first-order valence-corrected chi connectivity index (χ1v) is 10.5. The Morgan fingerprint density at radius 3 is 2.64 bits per heavy atom. The van der Waals surface area contributed by atoms with E-state index < -0.39 is 14.8 Å². The summed E-state index contributed by atoms with van der Waals surface area (Å²) in [7, 11) is -3.52. The van der Waals surface area contributed by atoms with E-state index in [0.29, 0.717) is 10.1 Å². The lowest BCUT2D eigenvalue weighted by atomic mass is 9.96. The van der Waals surface area contributed by atoms with E-state index in [1.54, 1.807) is 4.68 Å². The number of nitro benzene ring substituents is 1. The summed E-state index contributed by atoms with van der Waals surface area (Å²) in [5.74, 6) is 0. The van der Waals surface area contributed by atoms with Crippen molar-refractivity contribution >= 4 is 27.3 Å². The van der Waals surface area contributed by atoms with Crippen molar-refractivity contribution in [3.63, 3.8) is 0 Å². The number of sulfone groups is 1. The van der Waals surface area contributed by atoms with Crippen LogP contribution < -0.4 is 0 Å². The highest BCUT2D eigenvalue weighted by Crippen LogP contribution is 2.37. The van der Waals surface area contributed by atoms with Gasteiger partial charge >= 0.3 is 0 Å². The molecular weight excluding hydrogens is 366 g/mol. The van der Waals surface area contributed by atoms with Crippen LogP contribution in [-0.4, -0.2) is 39.8 Å². The van der Waals surface area contributed by atoms with Gasteiger partial charge in [0.15, 0.2) is 9.84 Å². The van der Waals surface area contributed by atoms with Crippen LogP contribution in [0.5, 0.6) is 0 Å². The van der Waals surface area contributed by atoms with Crippen molar-refractivity contribution in [2.24, 2.45) is 0 Å². The molecule has 1 aromatic heterocycles. The highest BCUT2D eigenvalue weighted by Gasteiger charge is 2.24. The molecule has 0 bridgehead atoms.